The van der Waals surface area contributed by atoms with Crippen molar-refractivity contribution < 1.29 is 19.1 Å². The number of nitrogens with zero attached hydrogens (tertiary/aromatic N) is 1. The van der Waals surface area contributed by atoms with Gasteiger partial charge in [-0.25, -0.2) is 9.18 Å². The van der Waals surface area contributed by atoms with Crippen LogP contribution in [-0.4, -0.2) is 29.4 Å². The van der Waals surface area contributed by atoms with E-state index in [-0.39, 0.29) is 6.42 Å². The molecule has 0 saturated heterocycles. The first-order valence-electron chi connectivity index (χ1n) is 5.23. The summed E-state index contributed by atoms with van der Waals surface area (Å²) in [6, 6.07) is 4.34. The molecule has 1 atom stereocenters. The largest absolute Gasteiger partial charge is 0.479 e. The van der Waals surface area contributed by atoms with E-state index >= 15 is 0 Å². The van der Waals surface area contributed by atoms with E-state index in [0.717, 1.165) is 4.90 Å². The molecular formula is C12H12FNO3. The number of benzene rings is 1. The molecule has 1 N–H and O–H groups in total. The third-order valence-corrected chi connectivity index (χ3v) is 3.42. The maximum Gasteiger partial charge on any atom is 0.334 e. The molecule has 0 radical (unpaired) electrons. The van der Waals surface area contributed by atoms with Gasteiger partial charge in [-0.15, -0.1) is 0 Å². The average Bonchev–Trinajstić information content (AvgIpc) is 2.70. The highest BCUT2D eigenvalue weighted by Gasteiger charge is 2.49. The van der Waals surface area contributed by atoms with E-state index in [2.05, 4.69) is 0 Å². The van der Waals surface area contributed by atoms with Crippen molar-refractivity contribution >= 4 is 12.4 Å². The van der Waals surface area contributed by atoms with Crippen molar-refractivity contribution in [3.63, 3.8) is 0 Å². The van der Waals surface area contributed by atoms with Gasteiger partial charge in [0.15, 0.2) is 5.54 Å². The molecule has 0 fully saturated rings. The minimum Gasteiger partial charge on any atom is -0.479 e. The van der Waals surface area contributed by atoms with E-state index in [9.17, 15) is 19.1 Å². The molecule has 0 heterocycles. The number of halogens is 1. The summed E-state index contributed by atoms with van der Waals surface area (Å²) in [7, 11) is 1.40. The van der Waals surface area contributed by atoms with Gasteiger partial charge < -0.3 is 10.0 Å². The smallest absolute Gasteiger partial charge is 0.334 e. The second-order valence-electron chi connectivity index (χ2n) is 4.15. The lowest BCUT2D eigenvalue weighted by atomic mass is 9.90. The topological polar surface area (TPSA) is 57.6 Å². The van der Waals surface area contributed by atoms with E-state index in [1.807, 2.05) is 0 Å². The summed E-state index contributed by atoms with van der Waals surface area (Å²) in [5.41, 5.74) is -0.665. The van der Waals surface area contributed by atoms with Crippen LogP contribution in [0, 0.1) is 5.82 Å². The fourth-order valence-corrected chi connectivity index (χ4v) is 2.47. The molecular weight excluding hydrogens is 225 g/mol. The Labute approximate surface area is 97.7 Å². The van der Waals surface area contributed by atoms with Gasteiger partial charge in [0.2, 0.25) is 6.41 Å². The van der Waals surface area contributed by atoms with Crippen LogP contribution in [0.25, 0.3) is 0 Å². The van der Waals surface area contributed by atoms with E-state index in [4.69, 9.17) is 0 Å². The molecule has 1 aromatic carbocycles. The van der Waals surface area contributed by atoms with Crippen LogP contribution < -0.4 is 0 Å². The molecule has 0 saturated carbocycles. The van der Waals surface area contributed by atoms with Gasteiger partial charge in [-0.3, -0.25) is 4.79 Å². The Bertz CT molecular complexity index is 489. The summed E-state index contributed by atoms with van der Waals surface area (Å²) in [5, 5.41) is 9.38. The van der Waals surface area contributed by atoms with Crippen molar-refractivity contribution in [2.75, 3.05) is 7.05 Å². The Morgan fingerprint density at radius 1 is 1.59 bits per heavy atom. The number of carboxylic acids is 1. The third-order valence-electron chi connectivity index (χ3n) is 3.42. The Kier molecular flexibility index (Phi) is 2.61. The van der Waals surface area contributed by atoms with Crippen molar-refractivity contribution in [3.8, 4) is 0 Å². The molecule has 2 rings (SSSR count). The van der Waals surface area contributed by atoms with Crippen LogP contribution in [0.4, 0.5) is 4.39 Å². The molecule has 90 valence electrons. The summed E-state index contributed by atoms with van der Waals surface area (Å²) in [6.07, 6.45) is 0.994. The predicted octanol–water partition coefficient (Wildman–Crippen LogP) is 1.14. The summed E-state index contributed by atoms with van der Waals surface area (Å²) in [6.45, 7) is 0. The predicted molar refractivity (Wildman–Crippen MR) is 57.9 cm³/mol. The van der Waals surface area contributed by atoms with Crippen LogP contribution >= 0.6 is 0 Å². The highest BCUT2D eigenvalue weighted by molar-refractivity contribution is 5.85. The fraction of sp³-hybridized carbons (Fsp3) is 0.333. The molecule has 5 heteroatoms. The number of amides is 1. The minimum atomic E-state index is -1.43. The van der Waals surface area contributed by atoms with Gasteiger partial charge in [-0.1, -0.05) is 12.1 Å². The Hall–Kier alpha value is -1.91. The summed E-state index contributed by atoms with van der Waals surface area (Å²) in [4.78, 5) is 23.4. The maximum absolute atomic E-state index is 13.6. The first-order chi connectivity index (χ1) is 8.04. The quantitative estimate of drug-likeness (QED) is 0.802. The van der Waals surface area contributed by atoms with Crippen LogP contribution in [-0.2, 0) is 21.5 Å². The molecule has 1 aromatic rings. The zero-order chi connectivity index (χ0) is 12.6. The van der Waals surface area contributed by atoms with Crippen molar-refractivity contribution in [1.29, 1.82) is 0 Å². The van der Waals surface area contributed by atoms with Gasteiger partial charge in [0, 0.05) is 7.05 Å². The molecule has 1 unspecified atom stereocenters. The Morgan fingerprint density at radius 3 is 2.88 bits per heavy atom. The van der Waals surface area contributed by atoms with Crippen LogP contribution in [0.5, 0.6) is 0 Å². The van der Waals surface area contributed by atoms with E-state index in [0.29, 0.717) is 24.0 Å². The van der Waals surface area contributed by atoms with Gasteiger partial charge in [0.1, 0.15) is 5.82 Å². The summed E-state index contributed by atoms with van der Waals surface area (Å²) in [5.74, 6) is -1.54. The maximum atomic E-state index is 13.6. The lowest BCUT2D eigenvalue weighted by Gasteiger charge is -2.32. The molecule has 1 amide bonds. The van der Waals surface area contributed by atoms with E-state index in [1.54, 1.807) is 6.07 Å². The zero-order valence-corrected chi connectivity index (χ0v) is 9.31. The number of hydrogen-bond acceptors (Lipinski definition) is 2. The van der Waals surface area contributed by atoms with E-state index in [1.165, 1.54) is 19.2 Å². The number of carbonyl (C=O) groups is 2. The van der Waals surface area contributed by atoms with Gasteiger partial charge in [-0.05, 0) is 30.0 Å². The highest BCUT2D eigenvalue weighted by atomic mass is 19.1. The first-order valence-corrected chi connectivity index (χ1v) is 5.23. The number of hydrogen-bond donors (Lipinski definition) is 1. The highest BCUT2D eigenvalue weighted by Crippen LogP contribution is 2.41. The van der Waals surface area contributed by atoms with Gasteiger partial charge >= 0.3 is 5.97 Å². The SMILES string of the molecule is CN(C=O)C1(C(=O)O)CCc2c(F)cccc21. The second-order valence-corrected chi connectivity index (χ2v) is 4.15. The van der Waals surface area contributed by atoms with Crippen molar-refractivity contribution in [2.24, 2.45) is 0 Å². The van der Waals surface area contributed by atoms with E-state index < -0.39 is 17.3 Å². The van der Waals surface area contributed by atoms with Crippen molar-refractivity contribution in [2.45, 2.75) is 18.4 Å². The van der Waals surface area contributed by atoms with Crippen molar-refractivity contribution in [1.82, 2.24) is 4.90 Å². The lowest BCUT2D eigenvalue weighted by molar-refractivity contribution is -0.154. The van der Waals surface area contributed by atoms with Crippen LogP contribution in [0.3, 0.4) is 0 Å². The number of fused-ring (bicyclic) bond motifs is 1. The lowest BCUT2D eigenvalue weighted by Crippen LogP contribution is -2.48. The third kappa shape index (κ3) is 1.42. The number of carbonyl (C=O) groups excluding carboxylic acids is 1. The van der Waals surface area contributed by atoms with Crippen molar-refractivity contribution in [3.05, 3.63) is 35.1 Å². The number of rotatable bonds is 3. The second kappa shape index (κ2) is 3.84. The van der Waals surface area contributed by atoms with Gasteiger partial charge in [0.25, 0.3) is 0 Å². The zero-order valence-electron chi connectivity index (χ0n) is 9.31. The first kappa shape index (κ1) is 11.6. The molecule has 0 aliphatic heterocycles. The Morgan fingerprint density at radius 2 is 2.29 bits per heavy atom. The van der Waals surface area contributed by atoms with Crippen LogP contribution in [0.2, 0.25) is 0 Å². The normalized spacial score (nSPS) is 22.0. The molecule has 1 aliphatic carbocycles. The van der Waals surface area contributed by atoms with Gasteiger partial charge in [-0.2, -0.15) is 0 Å². The fourth-order valence-electron chi connectivity index (χ4n) is 2.47. The van der Waals surface area contributed by atoms with Crippen LogP contribution in [0.1, 0.15) is 17.5 Å². The standard InChI is InChI=1S/C12H12FNO3/c1-14(7-15)12(11(16)17)6-5-8-9(12)3-2-4-10(8)13/h2-4,7H,5-6H2,1H3,(H,16,17). The number of likely N-dealkylation sites (N-methyl/N-ethyl adjacent to an activating group) is 1. The molecule has 17 heavy (non-hydrogen) atoms. The number of carboxylic acid groups (broad SMARTS) is 1. The van der Waals surface area contributed by atoms with Gasteiger partial charge in [0.05, 0.1) is 0 Å². The monoisotopic (exact) mass is 237 g/mol. The molecule has 0 spiro atoms. The number of aliphatic carboxylic acids is 1. The molecule has 4 nitrogen and oxygen atoms in total. The molecule has 0 bridgehead atoms. The summed E-state index contributed by atoms with van der Waals surface area (Å²) >= 11 is 0. The average molecular weight is 237 g/mol. The molecule has 0 aromatic heterocycles. The Balaban J connectivity index is 2.65. The molecule has 1 aliphatic rings. The summed E-state index contributed by atoms with van der Waals surface area (Å²) < 4.78 is 13.6. The van der Waals surface area contributed by atoms with Crippen LogP contribution in [0.15, 0.2) is 18.2 Å². The minimum absolute atomic E-state index is 0.202.